The third-order valence-corrected chi connectivity index (χ3v) is 2.02. The minimum Gasteiger partial charge on any atom is -0.467 e. The van der Waals surface area contributed by atoms with Crippen molar-refractivity contribution in [1.82, 2.24) is 0 Å². The summed E-state index contributed by atoms with van der Waals surface area (Å²) in [5, 5.41) is 18.7. The van der Waals surface area contributed by atoms with Gasteiger partial charge in [0.25, 0.3) is 0 Å². The van der Waals surface area contributed by atoms with Crippen molar-refractivity contribution in [3.63, 3.8) is 0 Å². The molecular formula is C10H10F2O4. The number of carbonyl (C=O) groups excluding carboxylic acids is 1. The van der Waals surface area contributed by atoms with E-state index in [1.807, 2.05) is 0 Å². The van der Waals surface area contributed by atoms with Crippen molar-refractivity contribution in [2.45, 2.75) is 12.2 Å². The number of halogens is 2. The van der Waals surface area contributed by atoms with Gasteiger partial charge in [0.1, 0.15) is 17.7 Å². The molecule has 0 spiro atoms. The largest absolute Gasteiger partial charge is 0.467 e. The molecule has 0 aliphatic heterocycles. The molecule has 0 amide bonds. The summed E-state index contributed by atoms with van der Waals surface area (Å²) in [6.45, 7) is 0. The molecule has 0 heterocycles. The molecule has 6 heteroatoms. The van der Waals surface area contributed by atoms with Crippen LogP contribution in [0, 0.1) is 11.6 Å². The van der Waals surface area contributed by atoms with Crippen LogP contribution in [0.2, 0.25) is 0 Å². The molecule has 0 saturated carbocycles. The van der Waals surface area contributed by atoms with Gasteiger partial charge in [-0.3, -0.25) is 0 Å². The van der Waals surface area contributed by atoms with Crippen LogP contribution < -0.4 is 0 Å². The minimum atomic E-state index is -1.91. The Kier molecular flexibility index (Phi) is 3.92. The molecule has 0 unspecified atom stereocenters. The second kappa shape index (κ2) is 5.00. The van der Waals surface area contributed by atoms with E-state index in [-0.39, 0.29) is 5.56 Å². The average molecular weight is 232 g/mol. The molecule has 0 aliphatic carbocycles. The zero-order valence-electron chi connectivity index (χ0n) is 8.35. The average Bonchev–Trinajstić information content (AvgIpc) is 2.26. The van der Waals surface area contributed by atoms with E-state index in [9.17, 15) is 23.8 Å². The number of aliphatic hydroxyl groups is 2. The van der Waals surface area contributed by atoms with Crippen LogP contribution in [-0.2, 0) is 9.53 Å². The topological polar surface area (TPSA) is 66.8 Å². The highest BCUT2D eigenvalue weighted by Gasteiger charge is 2.28. The van der Waals surface area contributed by atoms with Gasteiger partial charge in [0.05, 0.1) is 7.11 Å². The summed E-state index contributed by atoms with van der Waals surface area (Å²) < 4.78 is 29.9. The normalized spacial score (nSPS) is 14.3. The van der Waals surface area contributed by atoms with Crippen LogP contribution in [0.3, 0.4) is 0 Å². The molecule has 0 aliphatic rings. The highest BCUT2D eigenvalue weighted by Crippen LogP contribution is 2.21. The van der Waals surface area contributed by atoms with Crippen LogP contribution in [0.15, 0.2) is 18.2 Å². The number of rotatable bonds is 3. The molecule has 0 fully saturated rings. The number of ether oxygens (including phenoxy) is 1. The van der Waals surface area contributed by atoms with Gasteiger partial charge >= 0.3 is 5.97 Å². The van der Waals surface area contributed by atoms with Crippen LogP contribution >= 0.6 is 0 Å². The van der Waals surface area contributed by atoms with Crippen molar-refractivity contribution < 1.29 is 28.5 Å². The van der Waals surface area contributed by atoms with Crippen molar-refractivity contribution in [2.24, 2.45) is 0 Å². The van der Waals surface area contributed by atoms with E-state index in [1.54, 1.807) is 0 Å². The van der Waals surface area contributed by atoms with Gasteiger partial charge in [0, 0.05) is 11.6 Å². The monoisotopic (exact) mass is 232 g/mol. The standard InChI is InChI=1S/C10H10F2O4/c1-16-10(15)9(14)8(13)6-3-2-5(11)4-7(6)12/h2-4,8-9,13-14H,1H3/t8-,9+/m1/s1. The van der Waals surface area contributed by atoms with Gasteiger partial charge < -0.3 is 14.9 Å². The molecule has 2 N–H and O–H groups in total. The molecule has 1 aromatic carbocycles. The van der Waals surface area contributed by atoms with Gasteiger partial charge in [-0.2, -0.15) is 0 Å². The van der Waals surface area contributed by atoms with E-state index in [2.05, 4.69) is 4.74 Å². The summed E-state index contributed by atoms with van der Waals surface area (Å²) in [7, 11) is 1.01. The second-order valence-corrected chi connectivity index (χ2v) is 3.08. The fourth-order valence-electron chi connectivity index (χ4n) is 1.16. The number of esters is 1. The Hall–Kier alpha value is -1.53. The lowest BCUT2D eigenvalue weighted by Gasteiger charge is -2.16. The number of methoxy groups -OCH3 is 1. The first-order chi connectivity index (χ1) is 7.47. The van der Waals surface area contributed by atoms with Crippen LogP contribution in [0.5, 0.6) is 0 Å². The SMILES string of the molecule is COC(=O)[C@@H](O)[C@H](O)c1ccc(F)cc1F. The number of carbonyl (C=O) groups is 1. The van der Waals surface area contributed by atoms with Crippen molar-refractivity contribution in [1.29, 1.82) is 0 Å². The van der Waals surface area contributed by atoms with Crippen LogP contribution in [0.4, 0.5) is 8.78 Å². The molecule has 1 rings (SSSR count). The third kappa shape index (κ3) is 2.53. The number of aliphatic hydroxyl groups excluding tert-OH is 2. The van der Waals surface area contributed by atoms with Gasteiger partial charge in [-0.15, -0.1) is 0 Å². The van der Waals surface area contributed by atoms with Crippen molar-refractivity contribution in [2.75, 3.05) is 7.11 Å². The van der Waals surface area contributed by atoms with Crippen LogP contribution in [-0.4, -0.2) is 29.4 Å². The molecule has 1 aromatic rings. The Morgan fingerprint density at radius 2 is 2.00 bits per heavy atom. The van der Waals surface area contributed by atoms with Crippen LogP contribution in [0.25, 0.3) is 0 Å². The molecule has 0 bridgehead atoms. The zero-order chi connectivity index (χ0) is 12.3. The maximum atomic E-state index is 13.2. The number of benzene rings is 1. The summed E-state index contributed by atoms with van der Waals surface area (Å²) in [6.07, 6.45) is -3.71. The quantitative estimate of drug-likeness (QED) is 0.746. The first kappa shape index (κ1) is 12.5. The van der Waals surface area contributed by atoms with Crippen molar-refractivity contribution >= 4 is 5.97 Å². The molecular weight excluding hydrogens is 222 g/mol. The minimum absolute atomic E-state index is 0.376. The molecule has 0 radical (unpaired) electrons. The van der Waals surface area contributed by atoms with E-state index in [0.29, 0.717) is 6.07 Å². The van der Waals surface area contributed by atoms with Crippen molar-refractivity contribution in [3.05, 3.63) is 35.4 Å². The fourth-order valence-corrected chi connectivity index (χ4v) is 1.16. The van der Waals surface area contributed by atoms with E-state index in [1.165, 1.54) is 0 Å². The summed E-state index contributed by atoms with van der Waals surface area (Å²) in [5.74, 6) is -2.97. The fraction of sp³-hybridized carbons (Fsp3) is 0.300. The first-order valence-corrected chi connectivity index (χ1v) is 4.36. The lowest BCUT2D eigenvalue weighted by molar-refractivity contribution is -0.156. The number of hydrogen-bond donors (Lipinski definition) is 2. The maximum absolute atomic E-state index is 13.2. The van der Waals surface area contributed by atoms with Crippen LogP contribution in [0.1, 0.15) is 11.7 Å². The molecule has 2 atom stereocenters. The van der Waals surface area contributed by atoms with E-state index < -0.39 is 29.8 Å². The lowest BCUT2D eigenvalue weighted by atomic mass is 10.0. The summed E-state index contributed by atoms with van der Waals surface area (Å²) in [6, 6.07) is 2.40. The molecule has 88 valence electrons. The summed E-state index contributed by atoms with van der Waals surface area (Å²) in [4.78, 5) is 10.9. The van der Waals surface area contributed by atoms with Gasteiger partial charge in [-0.05, 0) is 6.07 Å². The van der Waals surface area contributed by atoms with E-state index >= 15 is 0 Å². The summed E-state index contributed by atoms with van der Waals surface area (Å²) in [5.41, 5.74) is -0.376. The lowest BCUT2D eigenvalue weighted by Crippen LogP contribution is -2.29. The van der Waals surface area contributed by atoms with Gasteiger partial charge in [0.2, 0.25) is 0 Å². The predicted molar refractivity (Wildman–Crippen MR) is 49.3 cm³/mol. The molecule has 4 nitrogen and oxygen atoms in total. The predicted octanol–water partition coefficient (Wildman–Crippen LogP) is 0.532. The van der Waals surface area contributed by atoms with E-state index in [0.717, 1.165) is 19.2 Å². The van der Waals surface area contributed by atoms with E-state index in [4.69, 9.17) is 0 Å². The second-order valence-electron chi connectivity index (χ2n) is 3.08. The van der Waals surface area contributed by atoms with Gasteiger partial charge in [0.15, 0.2) is 6.10 Å². The summed E-state index contributed by atoms with van der Waals surface area (Å²) >= 11 is 0. The highest BCUT2D eigenvalue weighted by molar-refractivity contribution is 5.75. The smallest absolute Gasteiger partial charge is 0.337 e. The Morgan fingerprint density at radius 3 is 2.50 bits per heavy atom. The third-order valence-electron chi connectivity index (χ3n) is 2.02. The molecule has 0 aromatic heterocycles. The van der Waals surface area contributed by atoms with Gasteiger partial charge in [-0.1, -0.05) is 6.07 Å². The number of hydrogen-bond acceptors (Lipinski definition) is 4. The molecule has 16 heavy (non-hydrogen) atoms. The first-order valence-electron chi connectivity index (χ1n) is 4.36. The Bertz CT molecular complexity index is 394. The van der Waals surface area contributed by atoms with Crippen molar-refractivity contribution in [3.8, 4) is 0 Å². The Labute approximate surface area is 90.1 Å². The maximum Gasteiger partial charge on any atom is 0.337 e. The Morgan fingerprint density at radius 1 is 1.38 bits per heavy atom. The zero-order valence-corrected chi connectivity index (χ0v) is 8.35. The van der Waals surface area contributed by atoms with Gasteiger partial charge in [-0.25, -0.2) is 13.6 Å². The Balaban J connectivity index is 2.96. The molecule has 0 saturated heterocycles. The highest BCUT2D eigenvalue weighted by atomic mass is 19.1.